The van der Waals surface area contributed by atoms with Gasteiger partial charge in [0.15, 0.2) is 10.6 Å². The minimum absolute atomic E-state index is 0.199. The lowest BCUT2D eigenvalue weighted by molar-refractivity contribution is -0.928. The smallest absolute Gasteiger partial charge is 0.165 e. The summed E-state index contributed by atoms with van der Waals surface area (Å²) in [5, 5.41) is 2.08. The van der Waals surface area contributed by atoms with Crippen LogP contribution in [0.25, 0.3) is 11.3 Å². The largest absolute Gasteiger partial charge is 0.317 e. The Morgan fingerprint density at radius 1 is 1.29 bits per heavy atom. The standard InChI is InChI=1S/C16H19FN2S2/c1-12-6-8-18(9-7-12)11-19-15(10-21-16(19)20)13-2-4-14(17)5-3-13/h2-5,10,12H,6-9,11H2,1H3/p+1. The van der Waals surface area contributed by atoms with Crippen LogP contribution in [0.5, 0.6) is 0 Å². The average Bonchev–Trinajstić information content (AvgIpc) is 2.84. The van der Waals surface area contributed by atoms with Crippen molar-refractivity contribution >= 4 is 23.6 Å². The zero-order chi connectivity index (χ0) is 14.8. The molecule has 1 aromatic carbocycles. The van der Waals surface area contributed by atoms with Gasteiger partial charge < -0.3 is 4.90 Å². The van der Waals surface area contributed by atoms with Crippen molar-refractivity contribution in [2.75, 3.05) is 13.1 Å². The number of hydrogen-bond acceptors (Lipinski definition) is 2. The molecule has 1 aliphatic rings. The first-order valence-corrected chi connectivity index (χ1v) is 8.70. The van der Waals surface area contributed by atoms with Gasteiger partial charge in [-0.3, -0.25) is 4.57 Å². The van der Waals surface area contributed by atoms with Gasteiger partial charge in [-0.05, 0) is 60.8 Å². The first kappa shape index (κ1) is 14.9. The Kier molecular flexibility index (Phi) is 4.52. The number of hydrogen-bond donors (Lipinski definition) is 1. The third kappa shape index (κ3) is 3.42. The average molecular weight is 323 g/mol. The maximum Gasteiger partial charge on any atom is 0.165 e. The quantitative estimate of drug-likeness (QED) is 0.852. The van der Waals surface area contributed by atoms with Crippen LogP contribution in [0.1, 0.15) is 19.8 Å². The molecule has 1 fully saturated rings. The third-order valence-corrected chi connectivity index (χ3v) is 5.56. The highest BCUT2D eigenvalue weighted by Gasteiger charge is 2.20. The van der Waals surface area contributed by atoms with E-state index in [0.29, 0.717) is 0 Å². The van der Waals surface area contributed by atoms with E-state index in [9.17, 15) is 4.39 Å². The Bertz CT molecular complexity index is 652. The van der Waals surface area contributed by atoms with Crippen LogP contribution in [-0.4, -0.2) is 17.7 Å². The van der Waals surface area contributed by atoms with Crippen molar-refractivity contribution in [1.82, 2.24) is 4.57 Å². The van der Waals surface area contributed by atoms with Crippen molar-refractivity contribution < 1.29 is 9.29 Å². The second kappa shape index (κ2) is 6.38. The number of benzene rings is 1. The number of rotatable bonds is 3. The van der Waals surface area contributed by atoms with Crippen LogP contribution in [0.3, 0.4) is 0 Å². The third-order valence-electron chi connectivity index (χ3n) is 4.29. The molecule has 0 radical (unpaired) electrons. The minimum Gasteiger partial charge on any atom is -0.317 e. The van der Waals surface area contributed by atoms with Crippen LogP contribution in [0, 0.1) is 15.7 Å². The molecule has 0 aliphatic carbocycles. The number of aromatic nitrogens is 1. The van der Waals surface area contributed by atoms with Crippen molar-refractivity contribution in [2.24, 2.45) is 5.92 Å². The van der Waals surface area contributed by atoms with Crippen molar-refractivity contribution in [3.05, 3.63) is 39.4 Å². The molecule has 1 N–H and O–H groups in total. The fourth-order valence-electron chi connectivity index (χ4n) is 2.88. The second-order valence-electron chi connectivity index (χ2n) is 5.91. The van der Waals surface area contributed by atoms with Gasteiger partial charge in [-0.25, -0.2) is 4.39 Å². The number of halogens is 1. The molecule has 1 aromatic heterocycles. The molecular weight excluding hydrogens is 303 g/mol. The molecule has 0 bridgehead atoms. The lowest BCUT2D eigenvalue weighted by atomic mass is 10.00. The molecule has 112 valence electrons. The predicted molar refractivity (Wildman–Crippen MR) is 87.6 cm³/mol. The number of likely N-dealkylation sites (tertiary alicyclic amines) is 1. The number of thiazole rings is 1. The molecule has 3 rings (SSSR count). The van der Waals surface area contributed by atoms with Gasteiger partial charge in [0.05, 0.1) is 18.8 Å². The van der Waals surface area contributed by atoms with E-state index in [1.165, 1.54) is 38.1 Å². The summed E-state index contributed by atoms with van der Waals surface area (Å²) in [7, 11) is 0. The van der Waals surface area contributed by atoms with Crippen molar-refractivity contribution in [3.63, 3.8) is 0 Å². The van der Waals surface area contributed by atoms with Crippen LogP contribution >= 0.6 is 23.6 Å². The van der Waals surface area contributed by atoms with E-state index in [-0.39, 0.29) is 5.82 Å². The molecule has 0 saturated carbocycles. The minimum atomic E-state index is -0.199. The Balaban J connectivity index is 1.84. The van der Waals surface area contributed by atoms with E-state index in [0.717, 1.165) is 27.8 Å². The summed E-state index contributed by atoms with van der Waals surface area (Å²) in [4.78, 5) is 1.59. The Morgan fingerprint density at radius 3 is 2.62 bits per heavy atom. The maximum absolute atomic E-state index is 13.1. The molecule has 21 heavy (non-hydrogen) atoms. The van der Waals surface area contributed by atoms with Crippen molar-refractivity contribution in [3.8, 4) is 11.3 Å². The van der Waals surface area contributed by atoms with Crippen molar-refractivity contribution in [1.29, 1.82) is 0 Å². The van der Waals surface area contributed by atoms with Gasteiger partial charge in [0, 0.05) is 5.38 Å². The Hall–Kier alpha value is -1.04. The number of quaternary nitrogens is 1. The molecule has 2 aromatic rings. The SMILES string of the molecule is CC1CC[NH+](Cn2c(-c3ccc(F)cc3)csc2=S)CC1. The molecule has 0 unspecified atom stereocenters. The monoisotopic (exact) mass is 323 g/mol. The molecule has 2 heterocycles. The topological polar surface area (TPSA) is 9.37 Å². The normalized spacial score (nSPS) is 22.4. The first-order valence-electron chi connectivity index (χ1n) is 7.41. The molecular formula is C16H20FN2S2+. The van der Waals surface area contributed by atoms with E-state index >= 15 is 0 Å². The van der Waals surface area contributed by atoms with E-state index in [1.807, 2.05) is 12.1 Å². The van der Waals surface area contributed by atoms with Crippen LogP contribution in [0.15, 0.2) is 29.6 Å². The summed E-state index contributed by atoms with van der Waals surface area (Å²) in [6, 6.07) is 6.68. The Morgan fingerprint density at radius 2 is 1.95 bits per heavy atom. The second-order valence-corrected chi connectivity index (χ2v) is 7.42. The van der Waals surface area contributed by atoms with Crippen LogP contribution in [-0.2, 0) is 6.67 Å². The number of nitrogens with one attached hydrogen (secondary N) is 1. The Labute approximate surface area is 133 Å². The fourth-order valence-corrected chi connectivity index (χ4v) is 3.95. The van der Waals surface area contributed by atoms with Gasteiger partial charge in [0.1, 0.15) is 5.82 Å². The lowest BCUT2D eigenvalue weighted by Gasteiger charge is -2.28. The highest BCUT2D eigenvalue weighted by molar-refractivity contribution is 7.73. The summed E-state index contributed by atoms with van der Waals surface area (Å²) in [6.45, 7) is 5.67. The van der Waals surface area contributed by atoms with Gasteiger partial charge in [0.2, 0.25) is 0 Å². The summed E-state index contributed by atoms with van der Waals surface area (Å²) >= 11 is 7.07. The van der Waals surface area contributed by atoms with E-state index in [1.54, 1.807) is 16.2 Å². The number of nitrogens with zero attached hydrogens (tertiary/aromatic N) is 1. The first-order chi connectivity index (χ1) is 10.1. The van der Waals surface area contributed by atoms with E-state index < -0.39 is 0 Å². The van der Waals surface area contributed by atoms with Gasteiger partial charge in [0.25, 0.3) is 0 Å². The molecule has 2 nitrogen and oxygen atoms in total. The highest BCUT2D eigenvalue weighted by atomic mass is 32.1. The molecule has 5 heteroatoms. The van der Waals surface area contributed by atoms with Gasteiger partial charge in [-0.15, -0.1) is 11.3 Å². The predicted octanol–water partition coefficient (Wildman–Crippen LogP) is 3.36. The summed E-state index contributed by atoms with van der Waals surface area (Å²) in [5.41, 5.74) is 2.14. The maximum atomic E-state index is 13.1. The van der Waals surface area contributed by atoms with Crippen LogP contribution in [0.4, 0.5) is 4.39 Å². The van der Waals surface area contributed by atoms with E-state index in [2.05, 4.69) is 16.9 Å². The molecule has 1 saturated heterocycles. The highest BCUT2D eigenvalue weighted by Crippen LogP contribution is 2.23. The molecule has 0 atom stereocenters. The van der Waals surface area contributed by atoms with Crippen LogP contribution < -0.4 is 4.90 Å². The van der Waals surface area contributed by atoms with Crippen LogP contribution in [0.2, 0.25) is 0 Å². The van der Waals surface area contributed by atoms with Gasteiger partial charge in [-0.2, -0.15) is 0 Å². The van der Waals surface area contributed by atoms with Gasteiger partial charge in [-0.1, -0.05) is 6.92 Å². The molecule has 0 amide bonds. The lowest BCUT2D eigenvalue weighted by Crippen LogP contribution is -3.12. The summed E-state index contributed by atoms with van der Waals surface area (Å²) < 4.78 is 16.2. The van der Waals surface area contributed by atoms with Crippen molar-refractivity contribution in [2.45, 2.75) is 26.4 Å². The fraction of sp³-hybridized carbons (Fsp3) is 0.438. The summed E-state index contributed by atoms with van der Waals surface area (Å²) in [6.07, 6.45) is 2.58. The zero-order valence-electron chi connectivity index (χ0n) is 12.1. The van der Waals surface area contributed by atoms with Gasteiger partial charge >= 0.3 is 0 Å². The molecule has 1 aliphatic heterocycles. The molecule has 0 spiro atoms. The zero-order valence-corrected chi connectivity index (χ0v) is 13.8. The number of piperidine rings is 1. The summed E-state index contributed by atoms with van der Waals surface area (Å²) in [5.74, 6) is 0.649. The van der Waals surface area contributed by atoms with E-state index in [4.69, 9.17) is 12.2 Å².